The maximum Gasteiger partial charge on any atom is 0.238 e. The van der Waals surface area contributed by atoms with Crippen molar-refractivity contribution in [2.45, 2.75) is 6.17 Å². The third kappa shape index (κ3) is 11.3. The average molecular weight is 1790 g/mol. The van der Waals surface area contributed by atoms with Gasteiger partial charge in [0.2, 0.25) is 11.9 Å². The van der Waals surface area contributed by atoms with Crippen LogP contribution in [0.3, 0.4) is 0 Å². The fourth-order valence-corrected chi connectivity index (χ4v) is 23.3. The molecule has 0 saturated carbocycles. The molecule has 14 nitrogen and oxygen atoms in total. The van der Waals surface area contributed by atoms with E-state index in [1.165, 1.54) is 21.5 Å². The second-order valence-electron chi connectivity index (χ2n) is 36.6. The molecule has 0 fully saturated rings. The molecule has 1 atom stereocenters. The summed E-state index contributed by atoms with van der Waals surface area (Å²) in [6, 6.07) is 167. The minimum absolute atomic E-state index is 0.457. The van der Waals surface area contributed by atoms with E-state index >= 15 is 0 Å². The van der Waals surface area contributed by atoms with Crippen LogP contribution in [0, 0.1) is 0 Å². The number of hydrogen-bond donors (Lipinski definition) is 1. The van der Waals surface area contributed by atoms with E-state index < -0.39 is 6.17 Å². The largest absolute Gasteiger partial charge is 0.330 e. The first kappa shape index (κ1) is 77.4. The van der Waals surface area contributed by atoms with E-state index in [0.717, 1.165) is 220 Å². The molecule has 9 aromatic heterocycles. The topological polar surface area (TPSA) is 115 Å². The van der Waals surface area contributed by atoms with Crippen LogP contribution in [0.2, 0.25) is 0 Å². The minimum atomic E-state index is -0.457. The number of nitrogens with one attached hydrogen (secondary N) is 1. The van der Waals surface area contributed by atoms with E-state index in [1.54, 1.807) is 0 Å². The van der Waals surface area contributed by atoms with E-state index in [9.17, 15) is 0 Å². The van der Waals surface area contributed by atoms with Crippen LogP contribution in [0.5, 0.6) is 0 Å². The fourth-order valence-electron chi connectivity index (χ4n) is 23.3. The predicted octanol–water partition coefficient (Wildman–Crippen LogP) is 30.6. The number of rotatable bonds is 12. The van der Waals surface area contributed by atoms with Crippen molar-refractivity contribution in [2.24, 2.45) is 9.98 Å². The van der Waals surface area contributed by atoms with Crippen molar-refractivity contribution in [3.63, 3.8) is 0 Å². The van der Waals surface area contributed by atoms with Crippen LogP contribution >= 0.6 is 0 Å². The number of aromatic nitrogens is 11. The zero-order valence-corrected chi connectivity index (χ0v) is 75.3. The maximum absolute atomic E-state index is 5.88. The van der Waals surface area contributed by atoms with Gasteiger partial charge < -0.3 is 32.7 Å². The van der Waals surface area contributed by atoms with Crippen LogP contribution in [-0.4, -0.2) is 63.3 Å². The molecule has 0 aliphatic carbocycles. The van der Waals surface area contributed by atoms with Crippen molar-refractivity contribution in [3.8, 4) is 74.0 Å². The Morgan fingerprint density at radius 1 is 0.200 bits per heavy atom. The second-order valence-corrected chi connectivity index (χ2v) is 36.6. The Bertz CT molecular complexity index is 10200. The highest BCUT2D eigenvalue weighted by atomic mass is 15.3. The predicted molar refractivity (Wildman–Crippen MR) is 578 cm³/mol. The number of hydrogen-bond acceptors (Lipinski definition) is 6. The molecule has 30 rings (SSSR count). The molecule has 0 bridgehead atoms. The van der Waals surface area contributed by atoms with Gasteiger partial charge in [0.25, 0.3) is 0 Å². The van der Waals surface area contributed by atoms with E-state index in [4.69, 9.17) is 24.9 Å². The highest BCUT2D eigenvalue weighted by Gasteiger charge is 2.36. The number of para-hydroxylation sites is 11. The van der Waals surface area contributed by atoms with E-state index in [2.05, 4.69) is 497 Å². The summed E-state index contributed by atoms with van der Waals surface area (Å²) in [6.45, 7) is 0. The molecule has 0 spiro atoms. The molecule has 10 heterocycles. The molecule has 1 unspecified atom stereocenters. The molecule has 1 aliphatic rings. The van der Waals surface area contributed by atoms with Crippen molar-refractivity contribution in [1.29, 1.82) is 0 Å². The first-order valence-corrected chi connectivity index (χ1v) is 47.7. The number of amidine groups is 1. The van der Waals surface area contributed by atoms with Gasteiger partial charge in [0, 0.05) is 126 Å². The smallest absolute Gasteiger partial charge is 0.238 e. The number of aliphatic imine (C=N–C) groups is 2. The molecular formula is C126H78N14. The molecule has 0 amide bonds. The SMILES string of the molecule is c1ccc(C2=NC(c3ccccc3)NC(n3c4ccc(-n5c6ccccc6c6ccccc65)cc4c4ccc5c6cc(-n7c8ccccc8c8c(-c9ccc(-c%10nc(-c%11ccccc%11)nc(-n%11c%12ccccc%12c%12c(-n%13c%14ccccc%14c%14ccccc%14%13)c(-n%13c%14ccccc%14c%14ccccc%14%13)c%13c%14ccccc%14n(-c%14ccccc%14)c%13c%12%11)n%10)cc9)cccc87)ccc6n(-c6ccccc6)c5c43)=N2)cc1. The van der Waals surface area contributed by atoms with Crippen molar-refractivity contribution in [3.05, 3.63) is 472 Å². The summed E-state index contributed by atoms with van der Waals surface area (Å²) >= 11 is 0. The zero-order chi connectivity index (χ0) is 91.5. The molecule has 0 saturated heterocycles. The summed E-state index contributed by atoms with van der Waals surface area (Å²) in [7, 11) is 0. The van der Waals surface area contributed by atoms with Gasteiger partial charge in [-0.1, -0.05) is 340 Å². The Labute approximate surface area is 799 Å². The van der Waals surface area contributed by atoms with Gasteiger partial charge in [0.05, 0.1) is 99.6 Å². The average Bonchev–Trinajstić information content (AvgIpc) is 1.50. The van der Waals surface area contributed by atoms with Crippen molar-refractivity contribution in [1.82, 2.24) is 56.8 Å². The van der Waals surface area contributed by atoms with Gasteiger partial charge in [-0.3, -0.25) is 9.13 Å². The molecule has 652 valence electrons. The van der Waals surface area contributed by atoms with Crippen LogP contribution < -0.4 is 5.32 Å². The Balaban J connectivity index is 0.619. The summed E-state index contributed by atoms with van der Waals surface area (Å²) < 4.78 is 19.7. The van der Waals surface area contributed by atoms with Gasteiger partial charge in [0.1, 0.15) is 6.17 Å². The Morgan fingerprint density at radius 3 is 1.01 bits per heavy atom. The summed E-state index contributed by atoms with van der Waals surface area (Å²) in [4.78, 5) is 28.3. The van der Waals surface area contributed by atoms with Crippen molar-refractivity contribution >= 4 is 186 Å². The van der Waals surface area contributed by atoms with Gasteiger partial charge in [0.15, 0.2) is 17.5 Å². The van der Waals surface area contributed by atoms with Gasteiger partial charge in [-0.25, -0.2) is 9.98 Å². The third-order valence-corrected chi connectivity index (χ3v) is 29.1. The number of fused-ring (bicyclic) bond motifs is 26. The van der Waals surface area contributed by atoms with Crippen molar-refractivity contribution in [2.75, 3.05) is 0 Å². The molecule has 14 heteroatoms. The fraction of sp³-hybridized carbons (Fsp3) is 0.00794. The summed E-state index contributed by atoms with van der Waals surface area (Å²) in [5.41, 5.74) is 29.0. The zero-order valence-electron chi connectivity index (χ0n) is 75.3. The molecule has 1 N–H and O–H groups in total. The normalized spacial score (nSPS) is 13.2. The first-order chi connectivity index (χ1) is 69.5. The lowest BCUT2D eigenvalue weighted by Gasteiger charge is -2.25. The van der Waals surface area contributed by atoms with Gasteiger partial charge in [-0.15, -0.1) is 0 Å². The van der Waals surface area contributed by atoms with E-state index in [-0.39, 0.29) is 0 Å². The lowest BCUT2D eigenvalue weighted by Crippen LogP contribution is -2.37. The van der Waals surface area contributed by atoms with Gasteiger partial charge in [-0.05, 0) is 138 Å². The maximum atomic E-state index is 5.88. The third-order valence-electron chi connectivity index (χ3n) is 29.1. The van der Waals surface area contributed by atoms with Crippen LogP contribution in [0.15, 0.2) is 471 Å². The van der Waals surface area contributed by atoms with Gasteiger partial charge in [-0.2, -0.15) is 15.0 Å². The van der Waals surface area contributed by atoms with Crippen LogP contribution in [0.25, 0.3) is 248 Å². The van der Waals surface area contributed by atoms with Gasteiger partial charge >= 0.3 is 0 Å². The van der Waals surface area contributed by atoms with Crippen molar-refractivity contribution < 1.29 is 0 Å². The highest BCUT2D eigenvalue weighted by Crippen LogP contribution is 2.54. The minimum Gasteiger partial charge on any atom is -0.330 e. The summed E-state index contributed by atoms with van der Waals surface area (Å²) in [5.74, 6) is 2.87. The van der Waals surface area contributed by atoms with Crippen LogP contribution in [-0.2, 0) is 0 Å². The standard InChI is InChI=1S/C126H78N14/c1-6-35-78(36-7-1)121-127-122(79-37-8-2-9-38-79)130-125(129-121)139-110-74-70-84(133-100-55-25-16-45-87(100)88-46-17-26-56-101(88)133)75-99(110)94-72-71-93-98-76-85(69-73-109(98)135(115(93)116(94)139)82-41-12-4-13-42-82)134-106-61-31-22-51-95(106)112-86(54-34-64-111(112)134)77-65-67-81(68-66-77)124-128-123(80-39-10-3-11-40-80)131-126(132-124)140-108-63-33-24-53-97(108)114-119(138-104-59-29-20-49-91(104)92-50-21-30-60-105(92)138)118(137-102-57-27-18-47-89(102)90-48-19-28-58-103(90)137)113-96-52-23-32-62-107(96)136(117(113)120(114)140)83-43-14-5-15-44-83/h1-76,121H,(H,127,129,130). The lowest BCUT2D eigenvalue weighted by molar-refractivity contribution is 0.661. The Morgan fingerprint density at radius 2 is 0.536 bits per heavy atom. The quantitative estimate of drug-likeness (QED) is 0.131. The monoisotopic (exact) mass is 1790 g/mol. The Hall–Kier alpha value is -19.1. The molecular weight excluding hydrogens is 1710 g/mol. The number of nitrogens with zero attached hydrogens (tertiary/aromatic N) is 13. The summed E-state index contributed by atoms with van der Waals surface area (Å²) in [6.07, 6.45) is -0.457. The van der Waals surface area contributed by atoms with Crippen LogP contribution in [0.1, 0.15) is 17.3 Å². The second kappa shape index (κ2) is 30.2. The van der Waals surface area contributed by atoms with E-state index in [0.29, 0.717) is 29.4 Å². The van der Waals surface area contributed by atoms with Crippen LogP contribution in [0.4, 0.5) is 0 Å². The van der Waals surface area contributed by atoms with E-state index in [1.807, 2.05) is 6.07 Å². The summed E-state index contributed by atoms with van der Waals surface area (Å²) in [5, 5.41) is 21.9. The number of benzene rings is 20. The molecule has 140 heavy (non-hydrogen) atoms. The molecule has 29 aromatic rings. The highest BCUT2D eigenvalue weighted by molar-refractivity contribution is 6.33. The Kier molecular flexibility index (Phi) is 16.7. The lowest BCUT2D eigenvalue weighted by atomic mass is 9.98. The molecule has 1 aliphatic heterocycles. The molecule has 20 aromatic carbocycles. The molecule has 0 radical (unpaired) electrons. The first-order valence-electron chi connectivity index (χ1n) is 47.7.